The van der Waals surface area contributed by atoms with E-state index in [0.717, 1.165) is 13.1 Å². The van der Waals surface area contributed by atoms with E-state index in [2.05, 4.69) is 14.9 Å². The third-order valence-corrected chi connectivity index (χ3v) is 9.14. The van der Waals surface area contributed by atoms with Crippen LogP contribution in [0, 0.1) is 0 Å². The van der Waals surface area contributed by atoms with Crippen molar-refractivity contribution in [2.45, 2.75) is 76.2 Å². The molecular weight excluding hydrogens is 500 g/mol. The third kappa shape index (κ3) is 5.85. The molecular formula is C33H38N4O3. The molecule has 2 aromatic rings. The van der Waals surface area contributed by atoms with E-state index in [1.807, 2.05) is 29.2 Å². The van der Waals surface area contributed by atoms with Crippen LogP contribution in [0.5, 0.6) is 0 Å². The first-order valence-corrected chi connectivity index (χ1v) is 15.1. The first-order chi connectivity index (χ1) is 19.5. The summed E-state index contributed by atoms with van der Waals surface area (Å²) in [5, 5.41) is 0.864. The van der Waals surface area contributed by atoms with Crippen LogP contribution in [-0.2, 0) is 4.79 Å². The summed E-state index contributed by atoms with van der Waals surface area (Å²) in [5.41, 5.74) is 2.35. The highest BCUT2D eigenvalue weighted by Gasteiger charge is 2.28. The minimum atomic E-state index is -0.564. The zero-order valence-corrected chi connectivity index (χ0v) is 23.2. The second-order valence-corrected chi connectivity index (χ2v) is 11.7. The number of hydrogen-bond donors (Lipinski definition) is 0. The third-order valence-electron chi connectivity index (χ3n) is 9.14. The number of carbonyl (C=O) groups excluding carboxylic acids is 3. The fourth-order valence-electron chi connectivity index (χ4n) is 6.76. The Morgan fingerprint density at radius 3 is 2.08 bits per heavy atom. The number of rotatable bonds is 5. The Morgan fingerprint density at radius 2 is 1.38 bits per heavy atom. The summed E-state index contributed by atoms with van der Waals surface area (Å²) in [7, 11) is 0. The van der Waals surface area contributed by atoms with Crippen molar-refractivity contribution >= 4 is 17.6 Å². The largest absolute Gasteiger partial charge is 0.336 e. The van der Waals surface area contributed by atoms with Gasteiger partial charge in [0.2, 0.25) is 0 Å². The highest BCUT2D eigenvalue weighted by atomic mass is 16.2. The number of hydrogen-bond acceptors (Lipinski definition) is 5. The molecule has 4 aliphatic rings. The molecule has 2 amide bonds. The average molecular weight is 539 g/mol. The van der Waals surface area contributed by atoms with Crippen molar-refractivity contribution in [2.75, 3.05) is 26.2 Å². The topological polar surface area (TPSA) is 82.4 Å². The zero-order chi connectivity index (χ0) is 27.5. The van der Waals surface area contributed by atoms with Crippen molar-refractivity contribution in [3.63, 3.8) is 0 Å². The molecule has 7 heteroatoms. The summed E-state index contributed by atoms with van der Waals surface area (Å²) < 4.78 is 0. The lowest BCUT2D eigenvalue weighted by molar-refractivity contribution is -0.114. The second kappa shape index (κ2) is 12.0. The van der Waals surface area contributed by atoms with E-state index in [0.29, 0.717) is 46.9 Å². The standard InChI is InChI=1S/C33H38N4O3/c38-31(25-13-11-24(12-14-25)23-7-3-1-4-8-23)22-30-32(39)35-29-21-26(15-16-28(29)34-30)33(40)37-19-17-36(18-20-37)27-9-5-2-6-10-27/h11-16,21-23,27H,1-10,17-20H2/b30-22-. The van der Waals surface area contributed by atoms with Gasteiger partial charge in [0.05, 0.1) is 10.7 Å². The van der Waals surface area contributed by atoms with E-state index in [4.69, 9.17) is 0 Å². The Morgan fingerprint density at radius 1 is 0.725 bits per heavy atom. The van der Waals surface area contributed by atoms with E-state index in [1.54, 1.807) is 18.2 Å². The number of fused-ring (bicyclic) bond motifs is 1. The Kier molecular flexibility index (Phi) is 8.00. The molecule has 1 saturated heterocycles. The molecule has 2 aliphatic heterocycles. The fourth-order valence-corrected chi connectivity index (χ4v) is 6.76. The minimum absolute atomic E-state index is 0.0202. The molecule has 0 bridgehead atoms. The smallest absolute Gasteiger partial charge is 0.296 e. The van der Waals surface area contributed by atoms with Crippen molar-refractivity contribution in [2.24, 2.45) is 9.98 Å². The number of carbonyl (C=O) groups is 3. The summed E-state index contributed by atoms with van der Waals surface area (Å²) in [4.78, 5) is 52.0. The van der Waals surface area contributed by atoms with Crippen LogP contribution in [-0.4, -0.2) is 59.6 Å². The molecule has 7 nitrogen and oxygen atoms in total. The molecule has 2 aliphatic carbocycles. The monoisotopic (exact) mass is 538 g/mol. The lowest BCUT2D eigenvalue weighted by atomic mass is 9.84. The molecule has 0 N–H and O–H groups in total. The summed E-state index contributed by atoms with van der Waals surface area (Å²) >= 11 is 0. The summed E-state index contributed by atoms with van der Waals surface area (Å²) in [6.07, 6.45) is 14.0. The van der Waals surface area contributed by atoms with E-state index >= 15 is 0 Å². The fraction of sp³-hybridized carbons (Fsp3) is 0.485. The van der Waals surface area contributed by atoms with Crippen molar-refractivity contribution in [1.29, 1.82) is 0 Å². The van der Waals surface area contributed by atoms with Crippen LogP contribution in [0.25, 0.3) is 0 Å². The number of benzene rings is 2. The van der Waals surface area contributed by atoms with Crippen LogP contribution in [0.3, 0.4) is 0 Å². The van der Waals surface area contributed by atoms with Gasteiger partial charge >= 0.3 is 0 Å². The van der Waals surface area contributed by atoms with Gasteiger partial charge in [-0.15, -0.1) is 0 Å². The minimum Gasteiger partial charge on any atom is -0.336 e. The molecule has 6 rings (SSSR count). The molecule has 208 valence electrons. The summed E-state index contributed by atoms with van der Waals surface area (Å²) in [6.45, 7) is 3.24. The molecule has 40 heavy (non-hydrogen) atoms. The van der Waals surface area contributed by atoms with Crippen LogP contribution in [0.4, 0.5) is 0 Å². The van der Waals surface area contributed by atoms with Gasteiger partial charge in [-0.25, -0.2) is 9.98 Å². The van der Waals surface area contributed by atoms with Crippen molar-refractivity contribution in [3.05, 3.63) is 81.6 Å². The van der Waals surface area contributed by atoms with E-state index in [-0.39, 0.29) is 17.4 Å². The number of piperazine rings is 1. The summed E-state index contributed by atoms with van der Waals surface area (Å²) in [5.74, 6) is -0.295. The van der Waals surface area contributed by atoms with Gasteiger partial charge < -0.3 is 4.90 Å². The van der Waals surface area contributed by atoms with Crippen molar-refractivity contribution < 1.29 is 14.4 Å². The second-order valence-electron chi connectivity index (χ2n) is 11.7. The van der Waals surface area contributed by atoms with Gasteiger partial charge in [-0.2, -0.15) is 0 Å². The predicted molar refractivity (Wildman–Crippen MR) is 153 cm³/mol. The van der Waals surface area contributed by atoms with E-state index in [1.165, 1.54) is 75.8 Å². The molecule has 0 atom stereocenters. The highest BCUT2D eigenvalue weighted by molar-refractivity contribution is 6.09. The van der Waals surface area contributed by atoms with Crippen LogP contribution in [0.2, 0.25) is 0 Å². The van der Waals surface area contributed by atoms with E-state index in [9.17, 15) is 14.4 Å². The zero-order valence-electron chi connectivity index (χ0n) is 23.2. The van der Waals surface area contributed by atoms with Gasteiger partial charge in [0, 0.05) is 49.4 Å². The maximum atomic E-state index is 13.2. The average Bonchev–Trinajstić information content (AvgIpc) is 3.02. The van der Waals surface area contributed by atoms with Gasteiger partial charge in [0.1, 0.15) is 5.70 Å². The van der Waals surface area contributed by atoms with E-state index < -0.39 is 5.91 Å². The first kappa shape index (κ1) is 26.8. The molecule has 0 spiro atoms. The molecule has 3 fully saturated rings. The maximum absolute atomic E-state index is 13.2. The highest BCUT2D eigenvalue weighted by Crippen LogP contribution is 2.32. The van der Waals surface area contributed by atoms with Crippen LogP contribution in [0.15, 0.2) is 64.2 Å². The number of ketones is 1. The first-order valence-electron chi connectivity index (χ1n) is 15.1. The van der Waals surface area contributed by atoms with Crippen LogP contribution < -0.4 is 10.7 Å². The van der Waals surface area contributed by atoms with Crippen LogP contribution in [0.1, 0.15) is 96.4 Å². The number of allylic oxidation sites excluding steroid dienone is 1. The Labute approximate surface area is 235 Å². The van der Waals surface area contributed by atoms with Gasteiger partial charge in [0.25, 0.3) is 11.8 Å². The van der Waals surface area contributed by atoms with Crippen molar-refractivity contribution in [3.8, 4) is 0 Å². The maximum Gasteiger partial charge on any atom is 0.296 e. The molecule has 2 saturated carbocycles. The SMILES string of the molecule is O=C1N=c2cc(C(=O)N3CCN(C4CCCCC4)CC3)ccc2=N/C1=C\C(=O)c1ccc(C2CCCCC2)cc1. The lowest BCUT2D eigenvalue weighted by Crippen LogP contribution is -2.52. The number of amides is 2. The quantitative estimate of drug-likeness (QED) is 0.418. The van der Waals surface area contributed by atoms with Crippen molar-refractivity contribution in [1.82, 2.24) is 9.80 Å². The molecule has 2 heterocycles. The van der Waals surface area contributed by atoms with Gasteiger partial charge in [-0.05, 0) is 55.4 Å². The molecule has 0 radical (unpaired) electrons. The number of nitrogens with zero attached hydrogens (tertiary/aromatic N) is 4. The van der Waals surface area contributed by atoms with Gasteiger partial charge in [-0.3, -0.25) is 19.3 Å². The Bertz CT molecular complexity index is 1430. The van der Waals surface area contributed by atoms with Gasteiger partial charge in [-0.1, -0.05) is 62.8 Å². The molecule has 2 aromatic carbocycles. The Balaban J connectivity index is 1.12. The predicted octanol–water partition coefficient (Wildman–Crippen LogP) is 4.37. The molecule has 0 unspecified atom stereocenters. The van der Waals surface area contributed by atoms with Crippen LogP contribution >= 0.6 is 0 Å². The summed E-state index contributed by atoms with van der Waals surface area (Å²) in [6, 6.07) is 13.5. The van der Waals surface area contributed by atoms with Gasteiger partial charge in [0.15, 0.2) is 5.78 Å². The normalized spacial score (nSPS) is 21.9. The lowest BCUT2D eigenvalue weighted by Gasteiger charge is -2.40. The Hall–Kier alpha value is -3.45. The molecule has 0 aromatic heterocycles.